The summed E-state index contributed by atoms with van der Waals surface area (Å²) in [7, 11) is -1.33. The van der Waals surface area contributed by atoms with Crippen LogP contribution in [0.15, 0.2) is 256 Å². The fourth-order valence-electron chi connectivity index (χ4n) is 12.7. The lowest BCUT2D eigenvalue weighted by Crippen LogP contribution is -2.36. The van der Waals surface area contributed by atoms with Gasteiger partial charge in [0.2, 0.25) is 0 Å². The normalized spacial score (nSPS) is 25.4. The summed E-state index contributed by atoms with van der Waals surface area (Å²) in [5.74, 6) is 1.96. The SMILES string of the molecule is C1=CC2C3=C(C(c4ccc(S5(c6ccc(-c7ccccc7)cc6)CC5c5ccc(-c6ccccc6)cc5)cc4)CC=C3)C3(c4ccccc4-c4c3ccc3c4oc4ccccc43)C2C=C1. The summed E-state index contributed by atoms with van der Waals surface area (Å²) in [6.07, 6.45) is 15.5. The van der Waals surface area contributed by atoms with Crippen molar-refractivity contribution in [3.63, 3.8) is 0 Å². The van der Waals surface area contributed by atoms with Crippen LogP contribution >= 0.6 is 10.0 Å². The fraction of sp³-hybridized carbons (Fsp3) is 0.111. The van der Waals surface area contributed by atoms with Gasteiger partial charge in [-0.1, -0.05) is 200 Å². The first-order valence-corrected chi connectivity index (χ1v) is 25.1. The molecule has 0 N–H and O–H groups in total. The van der Waals surface area contributed by atoms with Crippen LogP contribution in [0.1, 0.15) is 39.8 Å². The second-order valence-electron chi connectivity index (χ2n) is 18.6. The first-order chi connectivity index (χ1) is 32.2. The van der Waals surface area contributed by atoms with E-state index in [1.165, 1.54) is 81.8 Å². The Morgan fingerprint density at radius 1 is 0.508 bits per heavy atom. The fourth-order valence-corrected chi connectivity index (χ4v) is 16.9. The molecule has 310 valence electrons. The Balaban J connectivity index is 0.896. The number of fused-ring (bicyclic) bond motifs is 13. The molecular weight excluding hydrogens is 805 g/mol. The molecular formula is C63H46OS. The van der Waals surface area contributed by atoms with Gasteiger partial charge in [0.05, 0.1) is 5.41 Å². The summed E-state index contributed by atoms with van der Waals surface area (Å²) in [4.78, 5) is 2.96. The molecule has 1 saturated heterocycles. The first kappa shape index (κ1) is 37.3. The Kier molecular flexibility index (Phi) is 8.13. The molecule has 6 unspecified atom stereocenters. The van der Waals surface area contributed by atoms with Crippen LogP contribution in [-0.4, -0.2) is 5.75 Å². The van der Waals surface area contributed by atoms with Crippen molar-refractivity contribution in [3.8, 4) is 33.4 Å². The minimum atomic E-state index is -1.33. The summed E-state index contributed by atoms with van der Waals surface area (Å²) in [5.41, 5.74) is 18.0. The lowest BCUT2D eigenvalue weighted by Gasteiger charge is -2.41. The summed E-state index contributed by atoms with van der Waals surface area (Å²) in [6.45, 7) is 0. The van der Waals surface area contributed by atoms with E-state index in [1.807, 2.05) is 0 Å². The minimum absolute atomic E-state index is 0.235. The average molecular weight is 851 g/mol. The van der Waals surface area contributed by atoms with Crippen LogP contribution in [-0.2, 0) is 5.41 Å². The van der Waals surface area contributed by atoms with Gasteiger partial charge in [0.25, 0.3) is 0 Å². The molecule has 1 fully saturated rings. The monoisotopic (exact) mass is 850 g/mol. The molecule has 6 atom stereocenters. The van der Waals surface area contributed by atoms with E-state index < -0.39 is 10.0 Å². The van der Waals surface area contributed by atoms with Crippen molar-refractivity contribution in [2.75, 3.05) is 5.75 Å². The van der Waals surface area contributed by atoms with Crippen molar-refractivity contribution in [1.82, 2.24) is 0 Å². The third-order valence-corrected chi connectivity index (χ3v) is 19.7. The molecule has 1 nitrogen and oxygen atoms in total. The van der Waals surface area contributed by atoms with Crippen LogP contribution < -0.4 is 0 Å². The van der Waals surface area contributed by atoms with Crippen LogP contribution in [0.4, 0.5) is 0 Å². The number of para-hydroxylation sites is 1. The Hall–Kier alpha value is -7.13. The highest BCUT2D eigenvalue weighted by Gasteiger charge is 2.60. The lowest BCUT2D eigenvalue weighted by molar-refractivity contribution is 0.418. The van der Waals surface area contributed by atoms with Gasteiger partial charge in [0, 0.05) is 45.1 Å². The minimum Gasteiger partial charge on any atom is -0.455 e. The zero-order valence-electron chi connectivity index (χ0n) is 36.0. The number of hydrogen-bond donors (Lipinski definition) is 0. The molecule has 4 aliphatic carbocycles. The van der Waals surface area contributed by atoms with Gasteiger partial charge < -0.3 is 4.42 Å². The highest BCUT2D eigenvalue weighted by Crippen LogP contribution is 2.85. The molecule has 0 saturated carbocycles. The van der Waals surface area contributed by atoms with Gasteiger partial charge >= 0.3 is 0 Å². The number of hydrogen-bond acceptors (Lipinski definition) is 1. The molecule has 9 aromatic rings. The Labute approximate surface area is 382 Å². The van der Waals surface area contributed by atoms with Gasteiger partial charge in [-0.15, -0.1) is 0 Å². The lowest BCUT2D eigenvalue weighted by atomic mass is 9.61. The van der Waals surface area contributed by atoms with Crippen molar-refractivity contribution < 1.29 is 4.42 Å². The van der Waals surface area contributed by atoms with Crippen LogP contribution in [0.3, 0.4) is 0 Å². The van der Waals surface area contributed by atoms with Crippen LogP contribution in [0, 0.1) is 11.8 Å². The molecule has 2 heteroatoms. The number of rotatable bonds is 6. The van der Waals surface area contributed by atoms with Gasteiger partial charge in [0.1, 0.15) is 11.2 Å². The van der Waals surface area contributed by atoms with Crippen LogP contribution in [0.5, 0.6) is 0 Å². The van der Waals surface area contributed by atoms with Crippen molar-refractivity contribution in [2.24, 2.45) is 11.8 Å². The first-order valence-electron chi connectivity index (χ1n) is 23.2. The van der Waals surface area contributed by atoms with E-state index in [1.54, 1.807) is 5.57 Å². The second kappa shape index (κ2) is 14.2. The maximum atomic E-state index is 6.86. The quantitative estimate of drug-likeness (QED) is 0.152. The largest absolute Gasteiger partial charge is 0.455 e. The molecule has 0 amide bonds. The molecule has 8 aromatic carbocycles. The predicted molar refractivity (Wildman–Crippen MR) is 271 cm³/mol. The van der Waals surface area contributed by atoms with E-state index in [4.69, 9.17) is 4.42 Å². The number of furan rings is 1. The van der Waals surface area contributed by atoms with Gasteiger partial charge in [-0.05, 0) is 108 Å². The third kappa shape index (κ3) is 5.29. The Morgan fingerprint density at radius 2 is 1.12 bits per heavy atom. The van der Waals surface area contributed by atoms with Gasteiger partial charge in [-0.3, -0.25) is 0 Å². The Bertz CT molecular complexity index is 3480. The van der Waals surface area contributed by atoms with Crippen LogP contribution in [0.25, 0.3) is 55.3 Å². The smallest absolute Gasteiger partial charge is 0.143 e. The average Bonchev–Trinajstić information content (AvgIpc) is 3.78. The molecule has 0 bridgehead atoms. The third-order valence-electron chi connectivity index (χ3n) is 15.6. The van der Waals surface area contributed by atoms with E-state index in [-0.39, 0.29) is 17.3 Å². The molecule has 14 rings (SSSR count). The van der Waals surface area contributed by atoms with Crippen molar-refractivity contribution in [3.05, 3.63) is 264 Å². The topological polar surface area (TPSA) is 13.1 Å². The standard InChI is InChI=1S/C63H46OS/c1-3-14-41(15-4-1)43-26-28-46(29-27-43)59-40-65(59,47-34-30-44(31-35-47)42-16-5-2-6-17-42)48-36-32-45(33-37-48)49-21-13-22-52-50-18-7-10-23-55(50)63(61(49)52)56-24-11-8-20-54(56)60-57(63)39-38-53-51-19-9-12-25-58(51)64-62(53)60/h1-20,22-39,49-50,55,59H,21,40H2. The van der Waals surface area contributed by atoms with Gasteiger partial charge in [-0.25, -0.2) is 0 Å². The summed E-state index contributed by atoms with van der Waals surface area (Å²) in [6, 6.07) is 73.2. The van der Waals surface area contributed by atoms with E-state index >= 15 is 0 Å². The van der Waals surface area contributed by atoms with E-state index in [0.29, 0.717) is 11.2 Å². The van der Waals surface area contributed by atoms with Gasteiger partial charge in [-0.2, -0.15) is 10.0 Å². The highest BCUT2D eigenvalue weighted by atomic mass is 32.3. The zero-order valence-corrected chi connectivity index (χ0v) is 36.8. The van der Waals surface area contributed by atoms with Crippen molar-refractivity contribution in [2.45, 2.75) is 32.8 Å². The number of benzene rings is 8. The Morgan fingerprint density at radius 3 is 1.88 bits per heavy atom. The predicted octanol–water partition coefficient (Wildman–Crippen LogP) is 16.6. The molecule has 0 radical (unpaired) electrons. The zero-order chi connectivity index (χ0) is 42.7. The van der Waals surface area contributed by atoms with Gasteiger partial charge in [0.15, 0.2) is 0 Å². The summed E-state index contributed by atoms with van der Waals surface area (Å²) in [5, 5.41) is 2.84. The molecule has 5 aliphatic rings. The highest BCUT2D eigenvalue weighted by molar-refractivity contribution is 8.39. The maximum absolute atomic E-state index is 6.86. The van der Waals surface area contributed by atoms with Crippen molar-refractivity contribution in [1.29, 1.82) is 0 Å². The molecule has 1 spiro atoms. The molecule has 1 aromatic heterocycles. The van der Waals surface area contributed by atoms with E-state index in [2.05, 4.69) is 231 Å². The summed E-state index contributed by atoms with van der Waals surface area (Å²) < 4.78 is 6.86. The van der Waals surface area contributed by atoms with Crippen LogP contribution in [0.2, 0.25) is 0 Å². The molecule has 2 heterocycles. The van der Waals surface area contributed by atoms with E-state index in [9.17, 15) is 0 Å². The second-order valence-corrected chi connectivity index (χ2v) is 22.0. The van der Waals surface area contributed by atoms with Crippen molar-refractivity contribution >= 4 is 32.0 Å². The summed E-state index contributed by atoms with van der Waals surface area (Å²) >= 11 is 0. The molecule has 1 aliphatic heterocycles. The maximum Gasteiger partial charge on any atom is 0.143 e. The van der Waals surface area contributed by atoms with E-state index in [0.717, 1.165) is 23.3 Å². The number of allylic oxidation sites excluding steroid dienone is 8. The molecule has 65 heavy (non-hydrogen) atoms.